The average molecular weight is 342 g/mol. The van der Waals surface area contributed by atoms with E-state index < -0.39 is 0 Å². The smallest absolute Gasteiger partial charge is 0.270 e. The van der Waals surface area contributed by atoms with Gasteiger partial charge < -0.3 is 10.1 Å². The topological polar surface area (TPSA) is 69.0 Å². The Kier molecular flexibility index (Phi) is 5.02. The molecule has 1 amide bonds. The molecule has 7 heteroatoms. The fourth-order valence-electron chi connectivity index (χ4n) is 2.32. The molecule has 2 heterocycles. The fourth-order valence-corrected chi connectivity index (χ4v) is 3.10. The summed E-state index contributed by atoms with van der Waals surface area (Å²) < 4.78 is 7.16. The number of nitrogens with one attached hydrogen (secondary N) is 1. The summed E-state index contributed by atoms with van der Waals surface area (Å²) >= 11 is 1.42. The monoisotopic (exact) mass is 342 g/mol. The number of aromatic nitrogens is 3. The number of aryl methyl sites for hydroxylation is 1. The number of thiazole rings is 1. The predicted octanol–water partition coefficient (Wildman–Crippen LogP) is 2.66. The van der Waals surface area contributed by atoms with E-state index in [-0.39, 0.29) is 12.0 Å². The van der Waals surface area contributed by atoms with E-state index in [1.54, 1.807) is 23.4 Å². The summed E-state index contributed by atoms with van der Waals surface area (Å²) in [5, 5.41) is 9.52. The molecule has 0 fully saturated rings. The van der Waals surface area contributed by atoms with Crippen LogP contribution in [0.4, 0.5) is 0 Å². The van der Waals surface area contributed by atoms with Crippen LogP contribution in [0.3, 0.4) is 0 Å². The quantitative estimate of drug-likeness (QED) is 0.748. The van der Waals surface area contributed by atoms with Gasteiger partial charge in [0.25, 0.3) is 5.91 Å². The van der Waals surface area contributed by atoms with Crippen molar-refractivity contribution >= 4 is 17.2 Å². The second kappa shape index (κ2) is 7.37. The van der Waals surface area contributed by atoms with Crippen molar-refractivity contribution in [2.75, 3.05) is 13.7 Å². The lowest BCUT2D eigenvalue weighted by atomic mass is 10.1. The SMILES string of the molecule is CO[C@H](CNC(=O)c1csc(-c2cnn(C)c2)n1)c1ccccc1. The zero-order chi connectivity index (χ0) is 16.9. The molecule has 0 spiro atoms. The number of methoxy groups -OCH3 is 1. The Bertz CT molecular complexity index is 813. The van der Waals surface area contributed by atoms with Crippen LogP contribution in [0.15, 0.2) is 48.1 Å². The van der Waals surface area contributed by atoms with E-state index in [0.717, 1.165) is 16.1 Å². The number of hydrogen-bond acceptors (Lipinski definition) is 5. The van der Waals surface area contributed by atoms with Crippen molar-refractivity contribution in [3.05, 3.63) is 59.4 Å². The Balaban J connectivity index is 1.64. The van der Waals surface area contributed by atoms with Gasteiger partial charge >= 0.3 is 0 Å². The highest BCUT2D eigenvalue weighted by Gasteiger charge is 2.15. The molecule has 1 atom stereocenters. The van der Waals surface area contributed by atoms with Gasteiger partial charge in [-0.1, -0.05) is 30.3 Å². The summed E-state index contributed by atoms with van der Waals surface area (Å²) in [6.07, 6.45) is 3.42. The molecule has 0 bridgehead atoms. The number of ether oxygens (including phenoxy) is 1. The molecule has 0 aliphatic heterocycles. The van der Waals surface area contributed by atoms with Crippen LogP contribution in [0.25, 0.3) is 10.6 Å². The summed E-state index contributed by atoms with van der Waals surface area (Å²) in [5.74, 6) is -0.209. The van der Waals surface area contributed by atoms with Crippen molar-refractivity contribution in [2.24, 2.45) is 7.05 Å². The zero-order valence-electron chi connectivity index (χ0n) is 13.5. The first kappa shape index (κ1) is 16.4. The summed E-state index contributed by atoms with van der Waals surface area (Å²) in [6, 6.07) is 9.80. The van der Waals surface area contributed by atoms with Crippen molar-refractivity contribution in [1.29, 1.82) is 0 Å². The third kappa shape index (κ3) is 3.69. The molecule has 124 valence electrons. The van der Waals surface area contributed by atoms with Gasteiger partial charge in [0.15, 0.2) is 0 Å². The van der Waals surface area contributed by atoms with E-state index in [2.05, 4.69) is 15.4 Å². The normalized spacial score (nSPS) is 12.1. The number of benzene rings is 1. The molecular formula is C17H18N4O2S. The van der Waals surface area contributed by atoms with Gasteiger partial charge in [-0.05, 0) is 5.56 Å². The minimum Gasteiger partial charge on any atom is -0.375 e. The third-order valence-electron chi connectivity index (χ3n) is 3.59. The Hall–Kier alpha value is -2.51. The van der Waals surface area contributed by atoms with Gasteiger partial charge in [0, 0.05) is 37.8 Å². The Labute approximate surface area is 144 Å². The predicted molar refractivity (Wildman–Crippen MR) is 92.8 cm³/mol. The lowest BCUT2D eigenvalue weighted by molar-refractivity contribution is 0.0825. The van der Waals surface area contributed by atoms with Gasteiger partial charge in [0.2, 0.25) is 0 Å². The highest BCUT2D eigenvalue weighted by atomic mass is 32.1. The second-order valence-corrected chi connectivity index (χ2v) is 6.14. The average Bonchev–Trinajstić information content (AvgIpc) is 3.25. The summed E-state index contributed by atoms with van der Waals surface area (Å²) in [6.45, 7) is 0.388. The van der Waals surface area contributed by atoms with Gasteiger partial charge in [-0.25, -0.2) is 4.98 Å². The highest BCUT2D eigenvalue weighted by molar-refractivity contribution is 7.13. The number of carbonyl (C=O) groups excluding carboxylic acids is 1. The number of amides is 1. The molecule has 3 aromatic rings. The van der Waals surface area contributed by atoms with Crippen LogP contribution in [-0.4, -0.2) is 34.3 Å². The van der Waals surface area contributed by atoms with E-state index in [4.69, 9.17) is 4.74 Å². The number of hydrogen-bond donors (Lipinski definition) is 1. The summed E-state index contributed by atoms with van der Waals surface area (Å²) in [4.78, 5) is 16.7. The van der Waals surface area contributed by atoms with Crippen LogP contribution in [0.5, 0.6) is 0 Å². The molecule has 0 saturated carbocycles. The largest absolute Gasteiger partial charge is 0.375 e. The molecule has 0 saturated heterocycles. The minimum atomic E-state index is -0.209. The third-order valence-corrected chi connectivity index (χ3v) is 4.48. The molecule has 2 aromatic heterocycles. The molecule has 3 rings (SSSR count). The molecule has 0 radical (unpaired) electrons. The Morgan fingerprint density at radius 2 is 2.17 bits per heavy atom. The molecule has 0 aliphatic carbocycles. The van der Waals surface area contributed by atoms with Crippen molar-refractivity contribution in [2.45, 2.75) is 6.10 Å². The number of nitrogens with zero attached hydrogens (tertiary/aromatic N) is 3. The van der Waals surface area contributed by atoms with E-state index in [1.165, 1.54) is 11.3 Å². The summed E-state index contributed by atoms with van der Waals surface area (Å²) in [7, 11) is 3.48. The number of rotatable bonds is 6. The first-order valence-electron chi connectivity index (χ1n) is 7.48. The van der Waals surface area contributed by atoms with E-state index in [0.29, 0.717) is 12.2 Å². The fraction of sp³-hybridized carbons (Fsp3) is 0.235. The standard InChI is InChI=1S/C17H18N4O2S/c1-21-10-13(8-19-21)17-20-14(11-24-17)16(22)18-9-15(23-2)12-6-4-3-5-7-12/h3-8,10-11,15H,9H2,1-2H3,(H,18,22)/t15-/m1/s1. The maximum absolute atomic E-state index is 12.3. The van der Waals surface area contributed by atoms with Crippen LogP contribution < -0.4 is 5.32 Å². The van der Waals surface area contributed by atoms with Gasteiger partial charge in [-0.3, -0.25) is 9.48 Å². The molecule has 0 aliphatic rings. The van der Waals surface area contributed by atoms with Crippen LogP contribution in [0.2, 0.25) is 0 Å². The van der Waals surface area contributed by atoms with Gasteiger partial charge in [-0.15, -0.1) is 11.3 Å². The van der Waals surface area contributed by atoms with Crippen LogP contribution in [0, 0.1) is 0 Å². The molecule has 1 aromatic carbocycles. The molecule has 1 N–H and O–H groups in total. The van der Waals surface area contributed by atoms with Crippen LogP contribution in [-0.2, 0) is 11.8 Å². The first-order chi connectivity index (χ1) is 11.7. The zero-order valence-corrected chi connectivity index (χ0v) is 14.3. The Morgan fingerprint density at radius 1 is 1.38 bits per heavy atom. The first-order valence-corrected chi connectivity index (χ1v) is 8.36. The second-order valence-electron chi connectivity index (χ2n) is 5.29. The lowest BCUT2D eigenvalue weighted by Crippen LogP contribution is -2.29. The maximum Gasteiger partial charge on any atom is 0.270 e. The van der Waals surface area contributed by atoms with Crippen molar-refractivity contribution in [3.8, 4) is 10.6 Å². The van der Waals surface area contributed by atoms with E-state index in [9.17, 15) is 4.79 Å². The van der Waals surface area contributed by atoms with Gasteiger partial charge in [-0.2, -0.15) is 5.10 Å². The van der Waals surface area contributed by atoms with Gasteiger partial charge in [0.1, 0.15) is 10.7 Å². The molecule has 6 nitrogen and oxygen atoms in total. The number of carbonyl (C=O) groups is 1. The molecular weight excluding hydrogens is 324 g/mol. The Morgan fingerprint density at radius 3 is 2.83 bits per heavy atom. The van der Waals surface area contributed by atoms with Gasteiger partial charge in [0.05, 0.1) is 12.3 Å². The van der Waals surface area contributed by atoms with E-state index >= 15 is 0 Å². The van der Waals surface area contributed by atoms with Crippen LogP contribution >= 0.6 is 11.3 Å². The van der Waals surface area contributed by atoms with Crippen molar-refractivity contribution in [1.82, 2.24) is 20.1 Å². The minimum absolute atomic E-state index is 0.188. The lowest BCUT2D eigenvalue weighted by Gasteiger charge is -2.16. The van der Waals surface area contributed by atoms with Crippen molar-refractivity contribution < 1.29 is 9.53 Å². The van der Waals surface area contributed by atoms with Crippen LogP contribution in [0.1, 0.15) is 22.2 Å². The summed E-state index contributed by atoms with van der Waals surface area (Å²) in [5.41, 5.74) is 2.33. The maximum atomic E-state index is 12.3. The highest BCUT2D eigenvalue weighted by Crippen LogP contribution is 2.23. The molecule has 24 heavy (non-hydrogen) atoms. The van der Waals surface area contributed by atoms with E-state index in [1.807, 2.05) is 43.6 Å². The van der Waals surface area contributed by atoms with Crippen molar-refractivity contribution in [3.63, 3.8) is 0 Å². The molecule has 0 unspecified atom stereocenters.